The Morgan fingerprint density at radius 2 is 1.26 bits per heavy atom. The lowest BCUT2D eigenvalue weighted by atomic mass is 9.89. The van der Waals surface area contributed by atoms with Gasteiger partial charge in [0.1, 0.15) is 0 Å². The van der Waals surface area contributed by atoms with Crippen molar-refractivity contribution in [3.8, 4) is 33.6 Å². The van der Waals surface area contributed by atoms with Crippen LogP contribution in [0.15, 0.2) is 48.8 Å². The lowest BCUT2D eigenvalue weighted by Gasteiger charge is -2.15. The summed E-state index contributed by atoms with van der Waals surface area (Å²) < 4.78 is 0. The van der Waals surface area contributed by atoms with Crippen LogP contribution in [0.25, 0.3) is 33.6 Å². The van der Waals surface area contributed by atoms with Gasteiger partial charge in [-0.15, -0.1) is 0 Å². The maximum Gasteiger partial charge on any atom is 0.0496 e. The first-order chi connectivity index (χ1) is 13.1. The van der Waals surface area contributed by atoms with Crippen LogP contribution in [0.5, 0.6) is 0 Å². The summed E-state index contributed by atoms with van der Waals surface area (Å²) in [5, 5.41) is 0. The topological polar surface area (TPSA) is 31.6 Å². The molecule has 0 unspecified atom stereocenters. The van der Waals surface area contributed by atoms with E-state index in [1.165, 1.54) is 67.0 Å². The molecule has 0 bridgehead atoms. The van der Waals surface area contributed by atoms with Crippen molar-refractivity contribution in [2.75, 3.05) is 0 Å². The average Bonchev–Trinajstić information content (AvgIpc) is 3.32. The lowest BCUT2D eigenvalue weighted by molar-refractivity contribution is 1.33. The molecule has 4 aromatic rings. The van der Waals surface area contributed by atoms with E-state index in [1.54, 1.807) is 0 Å². The molecule has 2 nitrogen and oxygen atoms in total. The standard InChI is InChI=1S/C25H23N2/c1-14-12-26-24(16(14)3)21-10-9-20-19-8-6-5-7-18(19)11-22(20)23(21)25-17(4)15(2)13-27-25/h5-13,26-27H,1-4H3. The smallest absolute Gasteiger partial charge is 0.0496 e. The van der Waals surface area contributed by atoms with Gasteiger partial charge in [0, 0.05) is 41.3 Å². The van der Waals surface area contributed by atoms with E-state index in [1.807, 2.05) is 0 Å². The number of aromatic amines is 2. The molecular weight excluding hydrogens is 328 g/mol. The fraction of sp³-hybridized carbons (Fsp3) is 0.160. The van der Waals surface area contributed by atoms with Crippen LogP contribution in [0.2, 0.25) is 0 Å². The van der Waals surface area contributed by atoms with Gasteiger partial charge < -0.3 is 9.97 Å². The molecule has 133 valence electrons. The molecule has 0 atom stereocenters. The quantitative estimate of drug-likeness (QED) is 0.364. The van der Waals surface area contributed by atoms with Crippen LogP contribution in [0, 0.1) is 34.1 Å². The van der Waals surface area contributed by atoms with E-state index in [2.05, 4.69) is 92.9 Å². The van der Waals surface area contributed by atoms with Crippen LogP contribution in [-0.4, -0.2) is 9.97 Å². The van der Waals surface area contributed by atoms with E-state index in [9.17, 15) is 0 Å². The predicted molar refractivity (Wildman–Crippen MR) is 113 cm³/mol. The molecule has 2 heterocycles. The Kier molecular flexibility index (Phi) is 3.45. The molecule has 5 rings (SSSR count). The molecule has 0 saturated carbocycles. The number of hydrogen-bond donors (Lipinski definition) is 2. The molecule has 2 aromatic carbocycles. The van der Waals surface area contributed by atoms with Gasteiger partial charge in [0.05, 0.1) is 0 Å². The Labute approximate surface area is 160 Å². The first kappa shape index (κ1) is 16.2. The lowest BCUT2D eigenvalue weighted by Crippen LogP contribution is -1.95. The monoisotopic (exact) mass is 351 g/mol. The summed E-state index contributed by atoms with van der Waals surface area (Å²) >= 11 is 0. The van der Waals surface area contributed by atoms with Crippen LogP contribution in [0.4, 0.5) is 0 Å². The van der Waals surface area contributed by atoms with Crippen molar-refractivity contribution in [2.24, 2.45) is 0 Å². The second kappa shape index (κ2) is 5.75. The maximum absolute atomic E-state index is 3.55. The van der Waals surface area contributed by atoms with Crippen molar-refractivity contribution >= 4 is 0 Å². The van der Waals surface area contributed by atoms with Gasteiger partial charge >= 0.3 is 0 Å². The van der Waals surface area contributed by atoms with Gasteiger partial charge in [0.15, 0.2) is 0 Å². The predicted octanol–water partition coefficient (Wildman–Crippen LogP) is 6.49. The number of benzene rings is 2. The highest BCUT2D eigenvalue weighted by Gasteiger charge is 2.26. The second-order valence-electron chi connectivity index (χ2n) is 7.62. The molecule has 1 aliphatic rings. The van der Waals surface area contributed by atoms with Gasteiger partial charge in [-0.2, -0.15) is 0 Å². The summed E-state index contributed by atoms with van der Waals surface area (Å²) in [6, 6.07) is 13.2. The fourth-order valence-corrected chi connectivity index (χ4v) is 4.23. The van der Waals surface area contributed by atoms with Gasteiger partial charge in [0.2, 0.25) is 0 Å². The minimum Gasteiger partial charge on any atom is -0.361 e. The zero-order valence-electron chi connectivity index (χ0n) is 16.2. The first-order valence-corrected chi connectivity index (χ1v) is 9.47. The normalized spacial score (nSPS) is 12.3. The van der Waals surface area contributed by atoms with Crippen LogP contribution >= 0.6 is 0 Å². The van der Waals surface area contributed by atoms with Crippen LogP contribution < -0.4 is 0 Å². The van der Waals surface area contributed by atoms with E-state index in [4.69, 9.17) is 0 Å². The summed E-state index contributed by atoms with van der Waals surface area (Å²) in [6.07, 6.45) is 6.56. The number of fused-ring (bicyclic) bond motifs is 3. The third kappa shape index (κ3) is 2.26. The second-order valence-corrected chi connectivity index (χ2v) is 7.62. The van der Waals surface area contributed by atoms with Gasteiger partial charge in [0.25, 0.3) is 0 Å². The van der Waals surface area contributed by atoms with Crippen molar-refractivity contribution in [1.29, 1.82) is 0 Å². The molecule has 1 aliphatic carbocycles. The number of nitrogens with one attached hydrogen (secondary N) is 2. The number of H-pyrrole nitrogens is 2. The third-order valence-electron chi connectivity index (χ3n) is 6.11. The Morgan fingerprint density at radius 1 is 0.630 bits per heavy atom. The fourth-order valence-electron chi connectivity index (χ4n) is 4.23. The van der Waals surface area contributed by atoms with Crippen LogP contribution in [0.3, 0.4) is 0 Å². The van der Waals surface area contributed by atoms with Gasteiger partial charge in [-0.05, 0) is 72.2 Å². The molecule has 2 N–H and O–H groups in total. The molecule has 1 radical (unpaired) electrons. The Balaban J connectivity index is 1.85. The molecule has 0 aliphatic heterocycles. The van der Waals surface area contributed by atoms with Crippen LogP contribution in [-0.2, 0) is 0 Å². The van der Waals surface area contributed by atoms with Crippen molar-refractivity contribution in [2.45, 2.75) is 27.7 Å². The van der Waals surface area contributed by atoms with E-state index >= 15 is 0 Å². The van der Waals surface area contributed by atoms with Gasteiger partial charge in [-0.1, -0.05) is 36.4 Å². The molecule has 0 saturated heterocycles. The van der Waals surface area contributed by atoms with Crippen molar-refractivity contribution in [3.05, 3.63) is 88.6 Å². The molecule has 27 heavy (non-hydrogen) atoms. The summed E-state index contributed by atoms with van der Waals surface area (Å²) in [4.78, 5) is 7.06. The summed E-state index contributed by atoms with van der Waals surface area (Å²) in [5.74, 6) is 0. The van der Waals surface area contributed by atoms with Crippen molar-refractivity contribution in [3.63, 3.8) is 0 Å². The van der Waals surface area contributed by atoms with Crippen molar-refractivity contribution in [1.82, 2.24) is 9.97 Å². The highest BCUT2D eigenvalue weighted by atomic mass is 14.7. The largest absolute Gasteiger partial charge is 0.361 e. The summed E-state index contributed by atoms with van der Waals surface area (Å²) in [5.41, 5.74) is 15.4. The Hall–Kier alpha value is -3.00. The highest BCUT2D eigenvalue weighted by Crippen LogP contribution is 2.47. The molecular formula is C25H23N2. The van der Waals surface area contributed by atoms with E-state index in [-0.39, 0.29) is 0 Å². The highest BCUT2D eigenvalue weighted by molar-refractivity contribution is 5.96. The minimum atomic E-state index is 1.21. The average molecular weight is 351 g/mol. The van der Waals surface area contributed by atoms with Gasteiger partial charge in [-0.25, -0.2) is 0 Å². The first-order valence-electron chi connectivity index (χ1n) is 9.47. The Morgan fingerprint density at radius 3 is 1.93 bits per heavy atom. The Bertz CT molecular complexity index is 1190. The summed E-state index contributed by atoms with van der Waals surface area (Å²) in [6.45, 7) is 8.73. The SMILES string of the molecule is Cc1c[nH]c(-c2ccc3c(c2-c2[nH]cc(C)c2C)[CH]c2ccccc2-3)c1C. The van der Waals surface area contributed by atoms with E-state index < -0.39 is 0 Å². The van der Waals surface area contributed by atoms with E-state index in [0.717, 1.165) is 0 Å². The summed E-state index contributed by atoms with van der Waals surface area (Å²) in [7, 11) is 0. The maximum atomic E-state index is 3.55. The molecule has 2 heteroatoms. The number of hydrogen-bond acceptors (Lipinski definition) is 0. The van der Waals surface area contributed by atoms with Gasteiger partial charge in [-0.3, -0.25) is 0 Å². The number of aryl methyl sites for hydroxylation is 2. The molecule has 2 aromatic heterocycles. The molecule has 0 fully saturated rings. The molecule has 0 spiro atoms. The number of aromatic nitrogens is 2. The van der Waals surface area contributed by atoms with Crippen molar-refractivity contribution < 1.29 is 0 Å². The van der Waals surface area contributed by atoms with Crippen LogP contribution in [0.1, 0.15) is 33.4 Å². The minimum absolute atomic E-state index is 1.21. The molecule has 0 amide bonds. The van der Waals surface area contributed by atoms with E-state index in [0.29, 0.717) is 0 Å². The zero-order valence-corrected chi connectivity index (χ0v) is 16.2. The zero-order chi connectivity index (χ0) is 18.7. The number of rotatable bonds is 2. The third-order valence-corrected chi connectivity index (χ3v) is 6.11.